The van der Waals surface area contributed by atoms with E-state index in [1.54, 1.807) is 19.9 Å². The molecule has 0 fully saturated rings. The molecule has 0 aliphatic heterocycles. The van der Waals surface area contributed by atoms with Crippen molar-refractivity contribution in [2.75, 3.05) is 7.11 Å². The minimum Gasteiger partial charge on any atom is -0.465 e. The third-order valence-electron chi connectivity index (χ3n) is 3.20. The van der Waals surface area contributed by atoms with Crippen molar-refractivity contribution >= 4 is 27.7 Å². The van der Waals surface area contributed by atoms with Gasteiger partial charge in [0.2, 0.25) is 0 Å². The van der Waals surface area contributed by atoms with Crippen molar-refractivity contribution in [2.24, 2.45) is 0 Å². The number of hydrogen-bond acceptors (Lipinski definition) is 5. The Balaban J connectivity index is 2.36. The van der Waals surface area contributed by atoms with Crippen LogP contribution in [0.5, 0.6) is 5.75 Å². The van der Waals surface area contributed by atoms with Gasteiger partial charge in [0.1, 0.15) is 10.6 Å². The van der Waals surface area contributed by atoms with Crippen molar-refractivity contribution in [1.82, 2.24) is 0 Å². The number of methoxy groups -OCH3 is 1. The Morgan fingerprint density at radius 3 is 2.30 bits per heavy atom. The maximum atomic E-state index is 12.4. The molecule has 0 saturated heterocycles. The first-order chi connectivity index (χ1) is 10.7. The summed E-state index contributed by atoms with van der Waals surface area (Å²) in [7, 11) is -2.76. The van der Waals surface area contributed by atoms with Gasteiger partial charge in [-0.15, -0.1) is 0 Å². The van der Waals surface area contributed by atoms with Crippen molar-refractivity contribution in [3.8, 4) is 5.75 Å². The minimum atomic E-state index is -4.02. The van der Waals surface area contributed by atoms with Crippen LogP contribution in [0.1, 0.15) is 21.5 Å². The van der Waals surface area contributed by atoms with Gasteiger partial charge in [-0.1, -0.05) is 11.6 Å². The van der Waals surface area contributed by atoms with Crippen LogP contribution < -0.4 is 4.18 Å². The van der Waals surface area contributed by atoms with Gasteiger partial charge < -0.3 is 8.92 Å². The number of hydrogen-bond donors (Lipinski definition) is 0. The summed E-state index contributed by atoms with van der Waals surface area (Å²) in [5.41, 5.74) is 1.36. The second kappa shape index (κ2) is 6.60. The monoisotopic (exact) mass is 354 g/mol. The van der Waals surface area contributed by atoms with Crippen LogP contribution in [0.25, 0.3) is 0 Å². The fraction of sp³-hybridized carbons (Fsp3) is 0.188. The number of carbonyl (C=O) groups is 1. The molecule has 0 spiro atoms. The predicted octanol–water partition coefficient (Wildman–Crippen LogP) is 3.51. The van der Waals surface area contributed by atoms with E-state index in [1.165, 1.54) is 37.4 Å². The van der Waals surface area contributed by atoms with Crippen LogP contribution in [0.15, 0.2) is 41.3 Å². The van der Waals surface area contributed by atoms with Gasteiger partial charge in [-0.2, -0.15) is 8.42 Å². The van der Waals surface area contributed by atoms with E-state index in [1.807, 2.05) is 0 Å². The zero-order valence-corrected chi connectivity index (χ0v) is 14.4. The van der Waals surface area contributed by atoms with E-state index in [4.69, 9.17) is 15.8 Å². The molecule has 0 aliphatic rings. The van der Waals surface area contributed by atoms with Gasteiger partial charge in [-0.05, 0) is 61.4 Å². The van der Waals surface area contributed by atoms with Gasteiger partial charge in [0, 0.05) is 5.02 Å². The molecule has 0 bridgehead atoms. The van der Waals surface area contributed by atoms with Crippen molar-refractivity contribution in [1.29, 1.82) is 0 Å². The Hall–Kier alpha value is -2.05. The first kappa shape index (κ1) is 17.3. The lowest BCUT2D eigenvalue weighted by molar-refractivity contribution is 0.0600. The maximum absolute atomic E-state index is 12.4. The normalized spacial score (nSPS) is 11.1. The molecule has 0 aliphatic carbocycles. The van der Waals surface area contributed by atoms with Crippen molar-refractivity contribution in [3.05, 3.63) is 58.1 Å². The molecule has 0 saturated carbocycles. The molecule has 0 radical (unpaired) electrons. The van der Waals surface area contributed by atoms with Gasteiger partial charge in [-0.25, -0.2) is 4.79 Å². The summed E-state index contributed by atoms with van der Waals surface area (Å²) in [4.78, 5) is 11.5. The molecule has 7 heteroatoms. The van der Waals surface area contributed by atoms with Crippen molar-refractivity contribution in [3.63, 3.8) is 0 Å². The number of rotatable bonds is 4. The molecule has 2 aromatic carbocycles. The van der Waals surface area contributed by atoms with E-state index >= 15 is 0 Å². The largest absolute Gasteiger partial charge is 0.465 e. The predicted molar refractivity (Wildman–Crippen MR) is 86.5 cm³/mol. The quantitative estimate of drug-likeness (QED) is 0.620. The smallest absolute Gasteiger partial charge is 0.339 e. The summed E-state index contributed by atoms with van der Waals surface area (Å²) in [6.45, 7) is 3.33. The number of carbonyl (C=O) groups excluding carboxylic acids is 1. The lowest BCUT2D eigenvalue weighted by atomic mass is 10.1. The number of aryl methyl sites for hydroxylation is 2. The van der Waals surface area contributed by atoms with Crippen molar-refractivity contribution in [2.45, 2.75) is 18.7 Å². The van der Waals surface area contributed by atoms with Gasteiger partial charge in [0.25, 0.3) is 0 Å². The van der Waals surface area contributed by atoms with Crippen LogP contribution in [0.4, 0.5) is 0 Å². The maximum Gasteiger partial charge on any atom is 0.339 e. The lowest BCUT2D eigenvalue weighted by Gasteiger charge is -2.11. The Bertz CT molecular complexity index is 859. The van der Waals surface area contributed by atoms with Crippen molar-refractivity contribution < 1.29 is 22.1 Å². The Morgan fingerprint density at radius 1 is 1.04 bits per heavy atom. The average molecular weight is 355 g/mol. The molecule has 5 nitrogen and oxygen atoms in total. The van der Waals surface area contributed by atoms with E-state index in [0.29, 0.717) is 16.1 Å². The van der Waals surface area contributed by atoms with Crippen LogP contribution in [-0.2, 0) is 14.9 Å². The molecular formula is C16H15ClO5S. The summed E-state index contributed by atoms with van der Waals surface area (Å²) >= 11 is 5.91. The first-order valence-corrected chi connectivity index (χ1v) is 8.43. The highest BCUT2D eigenvalue weighted by atomic mass is 35.5. The van der Waals surface area contributed by atoms with Gasteiger partial charge in [0.15, 0.2) is 0 Å². The van der Waals surface area contributed by atoms with E-state index in [9.17, 15) is 13.2 Å². The summed E-state index contributed by atoms with van der Waals surface area (Å²) in [5, 5.41) is 0.522. The Kier molecular flexibility index (Phi) is 4.97. The molecule has 0 N–H and O–H groups in total. The lowest BCUT2D eigenvalue weighted by Crippen LogP contribution is -2.12. The van der Waals surface area contributed by atoms with Crippen LogP contribution >= 0.6 is 11.6 Å². The fourth-order valence-corrected chi connectivity index (χ4v) is 3.27. The topological polar surface area (TPSA) is 69.7 Å². The van der Waals surface area contributed by atoms with E-state index in [-0.39, 0.29) is 16.2 Å². The fourth-order valence-electron chi connectivity index (χ4n) is 2.02. The molecule has 2 rings (SSSR count). The van der Waals surface area contributed by atoms with Crippen LogP contribution in [0.2, 0.25) is 5.02 Å². The van der Waals surface area contributed by atoms with Crippen LogP contribution in [0.3, 0.4) is 0 Å². The summed E-state index contributed by atoms with van der Waals surface area (Å²) in [6, 6.07) is 8.72. The Labute approximate surface area is 139 Å². The molecule has 0 amide bonds. The van der Waals surface area contributed by atoms with E-state index in [0.717, 1.165) is 0 Å². The molecule has 0 aromatic heterocycles. The minimum absolute atomic E-state index is 0.0160. The van der Waals surface area contributed by atoms with E-state index < -0.39 is 16.1 Å². The number of halogens is 1. The van der Waals surface area contributed by atoms with Crippen LogP contribution in [-0.4, -0.2) is 21.5 Å². The molecule has 0 atom stereocenters. The highest BCUT2D eigenvalue weighted by Gasteiger charge is 2.21. The molecular weight excluding hydrogens is 340 g/mol. The second-order valence-electron chi connectivity index (χ2n) is 4.92. The first-order valence-electron chi connectivity index (χ1n) is 6.64. The molecule has 0 unspecified atom stereocenters. The molecule has 23 heavy (non-hydrogen) atoms. The third-order valence-corrected chi connectivity index (χ3v) is 5.03. The van der Waals surface area contributed by atoms with Crippen LogP contribution in [0, 0.1) is 13.8 Å². The number of ether oxygens (including phenoxy) is 1. The van der Waals surface area contributed by atoms with Gasteiger partial charge in [-0.3, -0.25) is 0 Å². The zero-order valence-electron chi connectivity index (χ0n) is 12.8. The molecule has 2 aromatic rings. The van der Waals surface area contributed by atoms with Gasteiger partial charge >= 0.3 is 16.1 Å². The Morgan fingerprint density at radius 2 is 1.74 bits per heavy atom. The molecule has 0 heterocycles. The molecule has 122 valence electrons. The SMILES string of the molecule is COC(=O)c1ccc(S(=O)(=O)Oc2ccc(Cl)c(C)c2)c(C)c1. The highest BCUT2D eigenvalue weighted by Crippen LogP contribution is 2.25. The highest BCUT2D eigenvalue weighted by molar-refractivity contribution is 7.87. The summed E-state index contributed by atoms with van der Waals surface area (Å²) in [6.07, 6.45) is 0. The average Bonchev–Trinajstić information content (AvgIpc) is 2.49. The number of benzene rings is 2. The second-order valence-corrected chi connectivity index (χ2v) is 6.84. The third kappa shape index (κ3) is 3.83. The van der Waals surface area contributed by atoms with E-state index in [2.05, 4.69) is 4.74 Å². The number of esters is 1. The summed E-state index contributed by atoms with van der Waals surface area (Å²) in [5.74, 6) is -0.366. The zero-order chi connectivity index (χ0) is 17.2. The van der Waals surface area contributed by atoms with Gasteiger partial charge in [0.05, 0.1) is 12.7 Å². The summed E-state index contributed by atoms with van der Waals surface area (Å²) < 4.78 is 34.5. The standard InChI is InChI=1S/C16H15ClO5S/c1-10-9-13(5-6-14(10)17)22-23(19,20)15-7-4-12(8-11(15)2)16(18)21-3/h4-9H,1-3H3.